The first-order valence-corrected chi connectivity index (χ1v) is 7.73. The van der Waals surface area contributed by atoms with E-state index in [1.54, 1.807) is 12.1 Å². The summed E-state index contributed by atoms with van der Waals surface area (Å²) >= 11 is 0. The predicted octanol–water partition coefficient (Wildman–Crippen LogP) is 2.69. The SMILES string of the molecule is CC(C)OCc1ccc(C(=O)N2CCCCC2C(=O)O)cc1. The minimum Gasteiger partial charge on any atom is -0.480 e. The number of ether oxygens (including phenoxy) is 1. The summed E-state index contributed by atoms with van der Waals surface area (Å²) in [6.45, 7) is 4.96. The maximum Gasteiger partial charge on any atom is 0.326 e. The zero-order valence-corrected chi connectivity index (χ0v) is 13.1. The Kier molecular flexibility index (Phi) is 5.55. The minimum absolute atomic E-state index is 0.158. The van der Waals surface area contributed by atoms with Gasteiger partial charge in [0, 0.05) is 12.1 Å². The highest BCUT2D eigenvalue weighted by Crippen LogP contribution is 2.20. The van der Waals surface area contributed by atoms with Crippen LogP contribution in [-0.2, 0) is 16.1 Å². The molecule has 120 valence electrons. The van der Waals surface area contributed by atoms with Crippen molar-refractivity contribution >= 4 is 11.9 Å². The number of likely N-dealkylation sites (tertiary alicyclic amines) is 1. The fraction of sp³-hybridized carbons (Fsp3) is 0.529. The molecule has 0 saturated carbocycles. The van der Waals surface area contributed by atoms with Gasteiger partial charge in [0.2, 0.25) is 0 Å². The third kappa shape index (κ3) is 4.07. The lowest BCUT2D eigenvalue weighted by atomic mass is 10.0. The highest BCUT2D eigenvalue weighted by Gasteiger charge is 2.32. The molecule has 1 aliphatic rings. The monoisotopic (exact) mass is 305 g/mol. The third-order valence-electron chi connectivity index (χ3n) is 3.83. The molecule has 5 nitrogen and oxygen atoms in total. The van der Waals surface area contributed by atoms with Crippen LogP contribution in [0.2, 0.25) is 0 Å². The molecule has 1 saturated heterocycles. The summed E-state index contributed by atoms with van der Waals surface area (Å²) < 4.78 is 5.52. The lowest BCUT2D eigenvalue weighted by molar-refractivity contribution is -0.143. The lowest BCUT2D eigenvalue weighted by Crippen LogP contribution is -2.47. The van der Waals surface area contributed by atoms with Gasteiger partial charge in [0.15, 0.2) is 0 Å². The van der Waals surface area contributed by atoms with Gasteiger partial charge in [-0.2, -0.15) is 0 Å². The Labute approximate surface area is 130 Å². The summed E-state index contributed by atoms with van der Waals surface area (Å²) in [5.74, 6) is -1.13. The lowest BCUT2D eigenvalue weighted by Gasteiger charge is -2.33. The smallest absolute Gasteiger partial charge is 0.326 e. The minimum atomic E-state index is -0.921. The van der Waals surface area contributed by atoms with E-state index in [1.807, 2.05) is 26.0 Å². The molecule has 2 rings (SSSR count). The fourth-order valence-corrected chi connectivity index (χ4v) is 2.60. The number of rotatable bonds is 5. The normalized spacial score (nSPS) is 18.5. The van der Waals surface area contributed by atoms with Crippen LogP contribution in [0.1, 0.15) is 49.0 Å². The van der Waals surface area contributed by atoms with Crippen molar-refractivity contribution in [2.75, 3.05) is 6.54 Å². The predicted molar refractivity (Wildman–Crippen MR) is 82.7 cm³/mol. The molecule has 0 aromatic heterocycles. The standard InChI is InChI=1S/C17H23NO4/c1-12(2)22-11-13-6-8-14(9-7-13)16(19)18-10-4-3-5-15(18)17(20)21/h6-9,12,15H,3-5,10-11H2,1-2H3,(H,20,21). The molecule has 1 aromatic rings. The van der Waals surface area contributed by atoms with Crippen LogP contribution in [0.4, 0.5) is 0 Å². The van der Waals surface area contributed by atoms with E-state index in [0.717, 1.165) is 18.4 Å². The second-order valence-corrected chi connectivity index (χ2v) is 5.91. The first-order chi connectivity index (χ1) is 10.5. The summed E-state index contributed by atoms with van der Waals surface area (Å²) in [7, 11) is 0. The number of carboxylic acids is 1. The molecule has 0 aliphatic carbocycles. The largest absolute Gasteiger partial charge is 0.480 e. The first kappa shape index (κ1) is 16.5. The van der Waals surface area contributed by atoms with Crippen molar-refractivity contribution in [2.45, 2.75) is 51.9 Å². The number of hydrogen-bond donors (Lipinski definition) is 1. The summed E-state index contributed by atoms with van der Waals surface area (Å²) in [6.07, 6.45) is 2.40. The molecule has 1 aromatic carbocycles. The van der Waals surface area contributed by atoms with E-state index in [4.69, 9.17) is 4.74 Å². The molecule has 1 heterocycles. The summed E-state index contributed by atoms with van der Waals surface area (Å²) in [6, 6.07) is 6.50. The van der Waals surface area contributed by atoms with Crippen molar-refractivity contribution in [3.63, 3.8) is 0 Å². The van der Waals surface area contributed by atoms with E-state index in [2.05, 4.69) is 0 Å². The molecular formula is C17H23NO4. The van der Waals surface area contributed by atoms with Crippen LogP contribution in [0.5, 0.6) is 0 Å². The number of carbonyl (C=O) groups is 2. The number of carbonyl (C=O) groups excluding carboxylic acids is 1. The van der Waals surface area contributed by atoms with Gasteiger partial charge in [-0.05, 0) is 50.8 Å². The molecule has 1 fully saturated rings. The van der Waals surface area contributed by atoms with Gasteiger partial charge < -0.3 is 14.7 Å². The van der Waals surface area contributed by atoms with E-state index in [1.165, 1.54) is 4.90 Å². The van der Waals surface area contributed by atoms with E-state index in [9.17, 15) is 14.7 Å². The Bertz CT molecular complexity index is 524. The first-order valence-electron chi connectivity index (χ1n) is 7.73. The summed E-state index contributed by atoms with van der Waals surface area (Å²) in [5.41, 5.74) is 1.53. The third-order valence-corrected chi connectivity index (χ3v) is 3.83. The number of aliphatic carboxylic acids is 1. The zero-order valence-electron chi connectivity index (χ0n) is 13.1. The highest BCUT2D eigenvalue weighted by atomic mass is 16.5. The second-order valence-electron chi connectivity index (χ2n) is 5.91. The molecule has 1 unspecified atom stereocenters. The van der Waals surface area contributed by atoms with Gasteiger partial charge in [0.05, 0.1) is 12.7 Å². The van der Waals surface area contributed by atoms with E-state index >= 15 is 0 Å². The molecular weight excluding hydrogens is 282 g/mol. The molecule has 0 bridgehead atoms. The van der Waals surface area contributed by atoms with Gasteiger partial charge in [-0.3, -0.25) is 4.79 Å². The van der Waals surface area contributed by atoms with E-state index in [-0.39, 0.29) is 12.0 Å². The number of amides is 1. The topological polar surface area (TPSA) is 66.8 Å². The molecule has 5 heteroatoms. The maximum atomic E-state index is 12.5. The Balaban J connectivity index is 2.06. The number of carboxylic acid groups (broad SMARTS) is 1. The Morgan fingerprint density at radius 1 is 1.27 bits per heavy atom. The van der Waals surface area contributed by atoms with E-state index in [0.29, 0.717) is 25.1 Å². The van der Waals surface area contributed by atoms with Crippen LogP contribution in [0.15, 0.2) is 24.3 Å². The van der Waals surface area contributed by atoms with Crippen LogP contribution in [0.25, 0.3) is 0 Å². The maximum absolute atomic E-state index is 12.5. The van der Waals surface area contributed by atoms with Gasteiger partial charge in [0.1, 0.15) is 6.04 Å². The average Bonchev–Trinajstić information content (AvgIpc) is 2.52. The van der Waals surface area contributed by atoms with Crippen molar-refractivity contribution < 1.29 is 19.4 Å². The van der Waals surface area contributed by atoms with Gasteiger partial charge in [-0.15, -0.1) is 0 Å². The molecule has 1 N–H and O–H groups in total. The highest BCUT2D eigenvalue weighted by molar-refractivity contribution is 5.96. The quantitative estimate of drug-likeness (QED) is 0.908. The van der Waals surface area contributed by atoms with Crippen LogP contribution < -0.4 is 0 Å². The Morgan fingerprint density at radius 2 is 1.95 bits per heavy atom. The number of piperidine rings is 1. The molecule has 1 aliphatic heterocycles. The van der Waals surface area contributed by atoms with Crippen LogP contribution >= 0.6 is 0 Å². The van der Waals surface area contributed by atoms with E-state index < -0.39 is 12.0 Å². The molecule has 22 heavy (non-hydrogen) atoms. The van der Waals surface area contributed by atoms with Gasteiger partial charge >= 0.3 is 5.97 Å². The molecule has 1 amide bonds. The summed E-state index contributed by atoms with van der Waals surface area (Å²) in [5, 5.41) is 9.26. The van der Waals surface area contributed by atoms with Gasteiger partial charge in [-0.25, -0.2) is 4.79 Å². The van der Waals surface area contributed by atoms with Gasteiger partial charge in [0.25, 0.3) is 5.91 Å². The van der Waals surface area contributed by atoms with Crippen LogP contribution in [0, 0.1) is 0 Å². The van der Waals surface area contributed by atoms with Crippen molar-refractivity contribution in [1.29, 1.82) is 0 Å². The fourth-order valence-electron chi connectivity index (χ4n) is 2.60. The van der Waals surface area contributed by atoms with Crippen LogP contribution in [-0.4, -0.2) is 40.6 Å². The number of hydrogen-bond acceptors (Lipinski definition) is 3. The van der Waals surface area contributed by atoms with Crippen molar-refractivity contribution in [3.8, 4) is 0 Å². The second kappa shape index (κ2) is 7.40. The zero-order chi connectivity index (χ0) is 16.1. The van der Waals surface area contributed by atoms with Crippen molar-refractivity contribution in [2.24, 2.45) is 0 Å². The summed E-state index contributed by atoms with van der Waals surface area (Å²) in [4.78, 5) is 25.3. The van der Waals surface area contributed by atoms with Gasteiger partial charge in [-0.1, -0.05) is 12.1 Å². The molecule has 0 radical (unpaired) electrons. The Morgan fingerprint density at radius 3 is 2.55 bits per heavy atom. The van der Waals surface area contributed by atoms with Crippen molar-refractivity contribution in [3.05, 3.63) is 35.4 Å². The Hall–Kier alpha value is -1.88. The average molecular weight is 305 g/mol. The number of benzene rings is 1. The molecule has 1 atom stereocenters. The number of nitrogens with zero attached hydrogens (tertiary/aromatic N) is 1. The van der Waals surface area contributed by atoms with Crippen molar-refractivity contribution in [1.82, 2.24) is 4.90 Å². The molecule has 0 spiro atoms. The van der Waals surface area contributed by atoms with Crippen LogP contribution in [0.3, 0.4) is 0 Å².